The number of fused-ring (bicyclic) bond motifs is 1. The summed E-state index contributed by atoms with van der Waals surface area (Å²) < 4.78 is 0. The van der Waals surface area contributed by atoms with E-state index >= 15 is 0 Å². The summed E-state index contributed by atoms with van der Waals surface area (Å²) in [6.45, 7) is 0. The van der Waals surface area contributed by atoms with Gasteiger partial charge in [0.15, 0.2) is 0 Å². The second-order valence-corrected chi connectivity index (χ2v) is 4.10. The zero-order valence-electron chi connectivity index (χ0n) is 9.28. The number of amides is 1. The molecule has 17 heavy (non-hydrogen) atoms. The standard InChI is InChI=1S/C14H12N2O/c17-14-10-12(11-6-2-1-3-7-11)16-9-5-4-8-13(16)15-14/h1-9,12H,10H2. The smallest absolute Gasteiger partial charge is 0.250 e. The molecule has 1 aromatic carbocycles. The minimum Gasteiger partial charge on any atom is -0.325 e. The Morgan fingerprint density at radius 1 is 1.18 bits per heavy atom. The summed E-state index contributed by atoms with van der Waals surface area (Å²) in [6.07, 6.45) is 8.14. The summed E-state index contributed by atoms with van der Waals surface area (Å²) in [4.78, 5) is 17.7. The van der Waals surface area contributed by atoms with E-state index in [1.165, 1.54) is 0 Å². The van der Waals surface area contributed by atoms with Gasteiger partial charge in [-0.1, -0.05) is 36.4 Å². The summed E-state index contributed by atoms with van der Waals surface area (Å²) in [7, 11) is 0. The van der Waals surface area contributed by atoms with E-state index < -0.39 is 0 Å². The molecule has 1 aromatic rings. The van der Waals surface area contributed by atoms with Gasteiger partial charge >= 0.3 is 0 Å². The molecule has 1 amide bonds. The summed E-state index contributed by atoms with van der Waals surface area (Å²) in [5.74, 6) is 0.683. The molecule has 1 unspecified atom stereocenters. The van der Waals surface area contributed by atoms with Gasteiger partial charge in [0.1, 0.15) is 5.84 Å². The Labute approximate surface area is 99.8 Å². The molecule has 0 saturated carbocycles. The third-order valence-electron chi connectivity index (χ3n) is 2.99. The van der Waals surface area contributed by atoms with Crippen molar-refractivity contribution in [3.63, 3.8) is 0 Å². The van der Waals surface area contributed by atoms with Gasteiger partial charge in [0, 0.05) is 6.20 Å². The highest BCUT2D eigenvalue weighted by atomic mass is 16.1. The number of amidine groups is 1. The highest BCUT2D eigenvalue weighted by Gasteiger charge is 2.28. The fraction of sp³-hybridized carbons (Fsp3) is 0.143. The predicted octanol–water partition coefficient (Wildman–Crippen LogP) is 2.44. The van der Waals surface area contributed by atoms with Crippen molar-refractivity contribution in [2.24, 2.45) is 4.99 Å². The van der Waals surface area contributed by atoms with Crippen LogP contribution in [0.5, 0.6) is 0 Å². The van der Waals surface area contributed by atoms with Crippen molar-refractivity contribution in [3.05, 3.63) is 60.3 Å². The molecule has 0 spiro atoms. The summed E-state index contributed by atoms with van der Waals surface area (Å²) >= 11 is 0. The van der Waals surface area contributed by atoms with Gasteiger partial charge in [-0.05, 0) is 17.7 Å². The number of nitrogens with zero attached hydrogens (tertiary/aromatic N) is 2. The SMILES string of the molecule is O=C1CC(c2ccccc2)N2C=CC=CC2=N1. The zero-order chi connectivity index (χ0) is 11.7. The molecule has 3 heteroatoms. The van der Waals surface area contributed by atoms with Crippen molar-refractivity contribution in [3.8, 4) is 0 Å². The molecular weight excluding hydrogens is 212 g/mol. The molecule has 0 fully saturated rings. The maximum atomic E-state index is 11.6. The number of rotatable bonds is 1. The van der Waals surface area contributed by atoms with Crippen LogP contribution >= 0.6 is 0 Å². The van der Waals surface area contributed by atoms with E-state index in [-0.39, 0.29) is 11.9 Å². The van der Waals surface area contributed by atoms with Gasteiger partial charge in [-0.15, -0.1) is 0 Å². The fourth-order valence-corrected chi connectivity index (χ4v) is 2.20. The lowest BCUT2D eigenvalue weighted by atomic mass is 9.99. The number of allylic oxidation sites excluding steroid dienone is 2. The lowest BCUT2D eigenvalue weighted by Gasteiger charge is -2.34. The Balaban J connectivity index is 2.02. The Hall–Kier alpha value is -2.16. The van der Waals surface area contributed by atoms with Crippen LogP contribution in [-0.2, 0) is 4.79 Å². The average molecular weight is 224 g/mol. The van der Waals surface area contributed by atoms with E-state index in [9.17, 15) is 4.79 Å². The van der Waals surface area contributed by atoms with E-state index in [2.05, 4.69) is 9.89 Å². The monoisotopic (exact) mass is 224 g/mol. The van der Waals surface area contributed by atoms with Gasteiger partial charge in [0.05, 0.1) is 12.5 Å². The van der Waals surface area contributed by atoms with Gasteiger partial charge in [-0.25, -0.2) is 0 Å². The largest absolute Gasteiger partial charge is 0.325 e. The second kappa shape index (κ2) is 4.01. The number of aliphatic imine (C=N–C) groups is 1. The van der Waals surface area contributed by atoms with Crippen molar-refractivity contribution < 1.29 is 4.79 Å². The first-order valence-electron chi connectivity index (χ1n) is 5.64. The number of carbonyl (C=O) groups is 1. The van der Waals surface area contributed by atoms with Crippen molar-refractivity contribution in [2.45, 2.75) is 12.5 Å². The normalized spacial score (nSPS) is 22.4. The molecule has 3 nitrogen and oxygen atoms in total. The lowest BCUT2D eigenvalue weighted by molar-refractivity contribution is -0.119. The lowest BCUT2D eigenvalue weighted by Crippen LogP contribution is -2.36. The highest BCUT2D eigenvalue weighted by Crippen LogP contribution is 2.30. The van der Waals surface area contributed by atoms with Crippen LogP contribution in [0.15, 0.2) is 59.8 Å². The van der Waals surface area contributed by atoms with Crippen LogP contribution in [0.25, 0.3) is 0 Å². The molecule has 0 aromatic heterocycles. The molecule has 0 bridgehead atoms. The van der Waals surface area contributed by atoms with E-state index in [1.54, 1.807) is 0 Å². The first kappa shape index (κ1) is 10.0. The number of benzene rings is 1. The van der Waals surface area contributed by atoms with Crippen LogP contribution in [0.2, 0.25) is 0 Å². The minimum absolute atomic E-state index is 0.0509. The van der Waals surface area contributed by atoms with Crippen molar-refractivity contribution in [1.29, 1.82) is 0 Å². The van der Waals surface area contributed by atoms with Gasteiger partial charge < -0.3 is 4.90 Å². The highest BCUT2D eigenvalue weighted by molar-refractivity contribution is 6.04. The number of hydrogen-bond acceptors (Lipinski definition) is 2. The van der Waals surface area contributed by atoms with Crippen LogP contribution in [0, 0.1) is 0 Å². The molecule has 0 radical (unpaired) electrons. The topological polar surface area (TPSA) is 32.7 Å². The van der Waals surface area contributed by atoms with E-state index in [0.29, 0.717) is 6.42 Å². The van der Waals surface area contributed by atoms with Crippen molar-refractivity contribution >= 4 is 11.7 Å². The molecular formula is C14H12N2O. The summed E-state index contributed by atoms with van der Waals surface area (Å²) in [6, 6.07) is 10.1. The van der Waals surface area contributed by atoms with Gasteiger partial charge in [0.25, 0.3) is 0 Å². The zero-order valence-corrected chi connectivity index (χ0v) is 9.28. The van der Waals surface area contributed by atoms with Crippen LogP contribution in [-0.4, -0.2) is 16.6 Å². The molecule has 2 heterocycles. The molecule has 0 N–H and O–H groups in total. The van der Waals surface area contributed by atoms with Crippen LogP contribution in [0.4, 0.5) is 0 Å². The third-order valence-corrected chi connectivity index (χ3v) is 2.99. The van der Waals surface area contributed by atoms with Crippen LogP contribution < -0.4 is 0 Å². The molecule has 3 rings (SSSR count). The quantitative estimate of drug-likeness (QED) is 0.734. The van der Waals surface area contributed by atoms with Crippen molar-refractivity contribution in [1.82, 2.24) is 4.90 Å². The Morgan fingerprint density at radius 3 is 2.82 bits per heavy atom. The number of hydrogen-bond donors (Lipinski definition) is 0. The second-order valence-electron chi connectivity index (χ2n) is 4.10. The fourth-order valence-electron chi connectivity index (χ4n) is 2.20. The van der Waals surface area contributed by atoms with Crippen LogP contribution in [0.1, 0.15) is 18.0 Å². The third kappa shape index (κ3) is 1.80. The molecule has 0 saturated heterocycles. The summed E-state index contributed by atoms with van der Waals surface area (Å²) in [5, 5.41) is 0. The summed E-state index contributed by atoms with van der Waals surface area (Å²) in [5.41, 5.74) is 1.15. The van der Waals surface area contributed by atoms with Crippen molar-refractivity contribution in [2.75, 3.05) is 0 Å². The number of carbonyl (C=O) groups excluding carboxylic acids is 1. The average Bonchev–Trinajstić information content (AvgIpc) is 2.39. The van der Waals surface area contributed by atoms with E-state index in [4.69, 9.17) is 0 Å². The predicted molar refractivity (Wildman–Crippen MR) is 66.4 cm³/mol. The Bertz CT molecular complexity index is 528. The molecule has 0 aliphatic carbocycles. The van der Waals surface area contributed by atoms with E-state index in [1.807, 2.05) is 54.8 Å². The van der Waals surface area contributed by atoms with Gasteiger partial charge in [0.2, 0.25) is 5.91 Å². The molecule has 2 aliphatic rings. The maximum Gasteiger partial charge on any atom is 0.250 e. The molecule has 1 atom stereocenters. The van der Waals surface area contributed by atoms with Crippen LogP contribution in [0.3, 0.4) is 0 Å². The Morgan fingerprint density at radius 2 is 2.00 bits per heavy atom. The first-order valence-corrected chi connectivity index (χ1v) is 5.64. The minimum atomic E-state index is -0.0509. The first-order chi connectivity index (χ1) is 8.34. The molecule has 84 valence electrons. The molecule has 2 aliphatic heterocycles. The van der Waals surface area contributed by atoms with Gasteiger partial charge in [-0.3, -0.25) is 4.79 Å². The maximum absolute atomic E-state index is 11.6. The van der Waals surface area contributed by atoms with Gasteiger partial charge in [-0.2, -0.15) is 4.99 Å². The Kier molecular flexibility index (Phi) is 2.37. The van der Waals surface area contributed by atoms with E-state index in [0.717, 1.165) is 11.4 Å².